The number of unbranched alkanes of at least 4 members (excludes halogenated alkanes) is 2. The van der Waals surface area contributed by atoms with Gasteiger partial charge in [-0.2, -0.15) is 0 Å². The maximum atomic E-state index is 11.7. The maximum absolute atomic E-state index is 11.7. The standard InChI is InChI=1S/C16H30O2/c1-6-7-8-9-10-11-12-15(17)18-16(13(2)3)14(4)5/h8-9,13-14,16H,6-7,10-12H2,1-5H3/b9-8-. The number of rotatable bonds is 9. The molecule has 0 rings (SSSR count). The molecule has 0 aliphatic carbocycles. The van der Waals surface area contributed by atoms with E-state index in [0.717, 1.165) is 19.3 Å². The molecule has 0 aromatic carbocycles. The van der Waals surface area contributed by atoms with E-state index in [9.17, 15) is 4.79 Å². The second-order valence-electron chi connectivity index (χ2n) is 5.59. The van der Waals surface area contributed by atoms with Gasteiger partial charge in [-0.15, -0.1) is 0 Å². The zero-order valence-electron chi connectivity index (χ0n) is 12.7. The lowest BCUT2D eigenvalue weighted by Crippen LogP contribution is -2.28. The number of hydrogen-bond acceptors (Lipinski definition) is 2. The van der Waals surface area contributed by atoms with Crippen molar-refractivity contribution in [2.75, 3.05) is 0 Å². The van der Waals surface area contributed by atoms with Crippen LogP contribution >= 0.6 is 0 Å². The second kappa shape index (κ2) is 10.2. The molecule has 0 fully saturated rings. The van der Waals surface area contributed by atoms with Crippen molar-refractivity contribution < 1.29 is 9.53 Å². The van der Waals surface area contributed by atoms with Gasteiger partial charge in [0.15, 0.2) is 0 Å². The fourth-order valence-electron chi connectivity index (χ4n) is 2.02. The third kappa shape index (κ3) is 8.32. The zero-order chi connectivity index (χ0) is 14.0. The average Bonchev–Trinajstić information content (AvgIpc) is 2.29. The average molecular weight is 254 g/mol. The second-order valence-corrected chi connectivity index (χ2v) is 5.59. The van der Waals surface area contributed by atoms with E-state index >= 15 is 0 Å². The van der Waals surface area contributed by atoms with E-state index in [0.29, 0.717) is 18.3 Å². The summed E-state index contributed by atoms with van der Waals surface area (Å²) < 4.78 is 5.54. The molecule has 0 atom stereocenters. The molecule has 0 aromatic rings. The fourth-order valence-corrected chi connectivity index (χ4v) is 2.02. The Morgan fingerprint density at radius 1 is 1.06 bits per heavy atom. The van der Waals surface area contributed by atoms with Crippen molar-refractivity contribution in [3.05, 3.63) is 12.2 Å². The normalized spacial score (nSPS) is 12.0. The van der Waals surface area contributed by atoms with Gasteiger partial charge in [0.05, 0.1) is 0 Å². The van der Waals surface area contributed by atoms with Gasteiger partial charge in [0.1, 0.15) is 6.10 Å². The Hall–Kier alpha value is -0.790. The SMILES string of the molecule is CCC/C=C\CCCC(=O)OC(C(C)C)C(C)C. The Kier molecular flexibility index (Phi) is 9.72. The Labute approximate surface area is 113 Å². The van der Waals surface area contributed by atoms with Gasteiger partial charge in [0.25, 0.3) is 0 Å². The summed E-state index contributed by atoms with van der Waals surface area (Å²) in [6.45, 7) is 10.6. The predicted molar refractivity (Wildman–Crippen MR) is 77.5 cm³/mol. The van der Waals surface area contributed by atoms with E-state index in [1.165, 1.54) is 6.42 Å². The molecule has 0 heterocycles. The maximum Gasteiger partial charge on any atom is 0.306 e. The summed E-state index contributed by atoms with van der Waals surface area (Å²) in [6.07, 6.45) is 9.12. The summed E-state index contributed by atoms with van der Waals surface area (Å²) in [4.78, 5) is 11.7. The highest BCUT2D eigenvalue weighted by atomic mass is 16.5. The Balaban J connectivity index is 3.82. The largest absolute Gasteiger partial charge is 0.462 e. The molecule has 0 unspecified atom stereocenters. The summed E-state index contributed by atoms with van der Waals surface area (Å²) in [7, 11) is 0. The number of hydrogen-bond donors (Lipinski definition) is 0. The Bertz CT molecular complexity index is 233. The minimum Gasteiger partial charge on any atom is -0.462 e. The zero-order valence-corrected chi connectivity index (χ0v) is 12.7. The van der Waals surface area contributed by atoms with E-state index in [-0.39, 0.29) is 12.1 Å². The summed E-state index contributed by atoms with van der Waals surface area (Å²) in [5, 5.41) is 0. The van der Waals surface area contributed by atoms with Crippen LogP contribution in [0.15, 0.2) is 12.2 Å². The predicted octanol–water partition coefficient (Wildman–Crippen LogP) is 4.74. The monoisotopic (exact) mass is 254 g/mol. The van der Waals surface area contributed by atoms with Crippen LogP contribution in [0, 0.1) is 11.8 Å². The molecule has 0 saturated heterocycles. The van der Waals surface area contributed by atoms with Crippen LogP contribution in [0.5, 0.6) is 0 Å². The van der Waals surface area contributed by atoms with E-state index in [1.54, 1.807) is 0 Å². The molecule has 0 amide bonds. The molecule has 106 valence electrons. The molecule has 0 aromatic heterocycles. The van der Waals surface area contributed by atoms with Crippen LogP contribution in [0.2, 0.25) is 0 Å². The lowest BCUT2D eigenvalue weighted by atomic mass is 9.96. The van der Waals surface area contributed by atoms with E-state index in [1.807, 2.05) is 0 Å². The number of allylic oxidation sites excluding steroid dienone is 2. The van der Waals surface area contributed by atoms with Gasteiger partial charge in [0, 0.05) is 6.42 Å². The molecule has 0 saturated carbocycles. The van der Waals surface area contributed by atoms with Crippen LogP contribution in [0.3, 0.4) is 0 Å². The van der Waals surface area contributed by atoms with Gasteiger partial charge in [-0.1, -0.05) is 53.2 Å². The Morgan fingerprint density at radius 3 is 2.11 bits per heavy atom. The first-order valence-corrected chi connectivity index (χ1v) is 7.33. The van der Waals surface area contributed by atoms with Crippen molar-refractivity contribution >= 4 is 5.97 Å². The summed E-state index contributed by atoms with van der Waals surface area (Å²) >= 11 is 0. The number of carbonyl (C=O) groups excluding carboxylic acids is 1. The molecule has 0 aliphatic heterocycles. The molecular formula is C16H30O2. The number of carbonyl (C=O) groups is 1. The lowest BCUT2D eigenvalue weighted by Gasteiger charge is -2.24. The molecule has 18 heavy (non-hydrogen) atoms. The molecule has 0 aliphatic rings. The molecule has 2 heteroatoms. The highest BCUT2D eigenvalue weighted by Crippen LogP contribution is 2.17. The van der Waals surface area contributed by atoms with E-state index < -0.39 is 0 Å². The quantitative estimate of drug-likeness (QED) is 0.337. The van der Waals surface area contributed by atoms with Gasteiger partial charge in [-0.25, -0.2) is 0 Å². The molecular weight excluding hydrogens is 224 g/mol. The first kappa shape index (κ1) is 17.2. The van der Waals surface area contributed by atoms with Crippen molar-refractivity contribution in [2.24, 2.45) is 11.8 Å². The van der Waals surface area contributed by atoms with Crippen molar-refractivity contribution in [3.63, 3.8) is 0 Å². The van der Waals surface area contributed by atoms with Gasteiger partial charge in [0.2, 0.25) is 0 Å². The molecule has 0 spiro atoms. The Morgan fingerprint density at radius 2 is 1.61 bits per heavy atom. The van der Waals surface area contributed by atoms with Crippen LogP contribution in [0.4, 0.5) is 0 Å². The van der Waals surface area contributed by atoms with Crippen LogP contribution in [0.1, 0.15) is 66.7 Å². The molecule has 0 N–H and O–H groups in total. The number of ether oxygens (including phenoxy) is 1. The summed E-state index contributed by atoms with van der Waals surface area (Å²) in [6, 6.07) is 0. The summed E-state index contributed by atoms with van der Waals surface area (Å²) in [5.41, 5.74) is 0. The van der Waals surface area contributed by atoms with Crippen molar-refractivity contribution in [1.29, 1.82) is 0 Å². The highest BCUT2D eigenvalue weighted by Gasteiger charge is 2.21. The number of esters is 1. The van der Waals surface area contributed by atoms with Crippen molar-refractivity contribution in [2.45, 2.75) is 72.8 Å². The molecule has 0 radical (unpaired) electrons. The molecule has 2 nitrogen and oxygen atoms in total. The smallest absolute Gasteiger partial charge is 0.306 e. The first-order valence-electron chi connectivity index (χ1n) is 7.33. The minimum atomic E-state index is -0.0497. The van der Waals surface area contributed by atoms with E-state index in [2.05, 4.69) is 46.8 Å². The van der Waals surface area contributed by atoms with Crippen LogP contribution in [-0.4, -0.2) is 12.1 Å². The van der Waals surface area contributed by atoms with Gasteiger partial charge >= 0.3 is 5.97 Å². The minimum absolute atomic E-state index is 0.0492. The van der Waals surface area contributed by atoms with Crippen molar-refractivity contribution in [1.82, 2.24) is 0 Å². The first-order chi connectivity index (χ1) is 8.49. The highest BCUT2D eigenvalue weighted by molar-refractivity contribution is 5.69. The fraction of sp³-hybridized carbons (Fsp3) is 0.812. The van der Waals surface area contributed by atoms with Crippen molar-refractivity contribution in [3.8, 4) is 0 Å². The summed E-state index contributed by atoms with van der Waals surface area (Å²) in [5.74, 6) is 0.725. The third-order valence-electron chi connectivity index (χ3n) is 2.96. The van der Waals surface area contributed by atoms with Crippen LogP contribution < -0.4 is 0 Å². The molecule has 0 bridgehead atoms. The lowest BCUT2D eigenvalue weighted by molar-refractivity contribution is -0.154. The van der Waals surface area contributed by atoms with E-state index in [4.69, 9.17) is 4.74 Å². The van der Waals surface area contributed by atoms with Gasteiger partial charge < -0.3 is 4.74 Å². The third-order valence-corrected chi connectivity index (χ3v) is 2.96. The van der Waals surface area contributed by atoms with Gasteiger partial charge in [-0.05, 0) is 31.1 Å². The van der Waals surface area contributed by atoms with Crippen LogP contribution in [0.25, 0.3) is 0 Å². The van der Waals surface area contributed by atoms with Crippen LogP contribution in [-0.2, 0) is 9.53 Å². The van der Waals surface area contributed by atoms with Gasteiger partial charge in [-0.3, -0.25) is 4.79 Å². The topological polar surface area (TPSA) is 26.3 Å².